The molecule has 4 heteroatoms. The van der Waals surface area contributed by atoms with Crippen LogP contribution in [0.5, 0.6) is 5.75 Å². The lowest BCUT2D eigenvalue weighted by Gasteiger charge is -2.18. The van der Waals surface area contributed by atoms with Crippen LogP contribution in [0.3, 0.4) is 0 Å². The van der Waals surface area contributed by atoms with Crippen molar-refractivity contribution in [3.8, 4) is 5.75 Å². The Bertz CT molecular complexity index is 685. The lowest BCUT2D eigenvalue weighted by molar-refractivity contribution is -0.118. The van der Waals surface area contributed by atoms with E-state index in [1.54, 1.807) is 38.1 Å². The first-order chi connectivity index (χ1) is 10.8. The van der Waals surface area contributed by atoms with Crippen LogP contribution in [0.25, 0.3) is 0 Å². The Labute approximate surface area is 137 Å². The molecule has 0 heterocycles. The van der Waals surface area contributed by atoms with Crippen molar-refractivity contribution in [1.82, 2.24) is 0 Å². The molecule has 23 heavy (non-hydrogen) atoms. The van der Waals surface area contributed by atoms with E-state index in [1.807, 2.05) is 32.0 Å². The molecule has 0 aliphatic carbocycles. The average Bonchev–Trinajstić information content (AvgIpc) is 2.49. The number of amides is 1. The van der Waals surface area contributed by atoms with Crippen molar-refractivity contribution in [3.05, 3.63) is 59.2 Å². The summed E-state index contributed by atoms with van der Waals surface area (Å²) >= 11 is 0. The van der Waals surface area contributed by atoms with Gasteiger partial charge in [-0.05, 0) is 62.6 Å². The number of carbonyl (C=O) groups is 1. The van der Waals surface area contributed by atoms with Crippen LogP contribution in [0.15, 0.2) is 42.5 Å². The minimum absolute atomic E-state index is 0.0603. The van der Waals surface area contributed by atoms with Gasteiger partial charge in [-0.15, -0.1) is 0 Å². The van der Waals surface area contributed by atoms with Gasteiger partial charge in [0, 0.05) is 5.69 Å². The third-order valence-electron chi connectivity index (χ3n) is 3.81. The number of hydrogen-bond donors (Lipinski definition) is 2. The molecule has 0 atom stereocenters. The zero-order chi connectivity index (χ0) is 17.0. The normalized spacial score (nSPS) is 11.2. The summed E-state index contributed by atoms with van der Waals surface area (Å²) in [7, 11) is 0. The van der Waals surface area contributed by atoms with Crippen LogP contribution in [0.4, 0.5) is 5.69 Å². The third-order valence-corrected chi connectivity index (χ3v) is 3.81. The molecular weight excluding hydrogens is 290 g/mol. The second-order valence-electron chi connectivity index (χ2n) is 6.17. The summed E-state index contributed by atoms with van der Waals surface area (Å²) < 4.78 is 5.48. The summed E-state index contributed by atoms with van der Waals surface area (Å²) in [6.07, 6.45) is 0. The lowest BCUT2D eigenvalue weighted by Crippen LogP contribution is -2.21. The SMILES string of the molecule is Cc1cccc(NC(=O)COc2ccc(C(C)(C)O)cc2)c1C. The Morgan fingerprint density at radius 3 is 2.39 bits per heavy atom. The van der Waals surface area contributed by atoms with E-state index in [0.717, 1.165) is 22.4 Å². The van der Waals surface area contributed by atoms with Crippen LogP contribution < -0.4 is 10.1 Å². The van der Waals surface area contributed by atoms with Gasteiger partial charge in [0.15, 0.2) is 6.61 Å². The number of aliphatic hydroxyl groups is 1. The van der Waals surface area contributed by atoms with Crippen molar-refractivity contribution in [2.45, 2.75) is 33.3 Å². The highest BCUT2D eigenvalue weighted by Gasteiger charge is 2.15. The van der Waals surface area contributed by atoms with Crippen LogP contribution in [-0.2, 0) is 10.4 Å². The molecule has 0 aliphatic rings. The maximum absolute atomic E-state index is 12.0. The Morgan fingerprint density at radius 2 is 1.78 bits per heavy atom. The molecule has 2 aromatic rings. The third kappa shape index (κ3) is 4.57. The maximum Gasteiger partial charge on any atom is 0.262 e. The molecule has 122 valence electrons. The maximum atomic E-state index is 12.0. The second-order valence-corrected chi connectivity index (χ2v) is 6.17. The molecule has 0 fully saturated rings. The minimum atomic E-state index is -0.890. The highest BCUT2D eigenvalue weighted by Crippen LogP contribution is 2.22. The largest absolute Gasteiger partial charge is 0.484 e. The topological polar surface area (TPSA) is 58.6 Å². The molecule has 0 saturated carbocycles. The van der Waals surface area contributed by atoms with Gasteiger partial charge in [0.1, 0.15) is 5.75 Å². The van der Waals surface area contributed by atoms with Gasteiger partial charge in [-0.3, -0.25) is 4.79 Å². The van der Waals surface area contributed by atoms with Gasteiger partial charge in [0.25, 0.3) is 5.91 Å². The predicted molar refractivity (Wildman–Crippen MR) is 91.7 cm³/mol. The average molecular weight is 313 g/mol. The van der Waals surface area contributed by atoms with E-state index >= 15 is 0 Å². The molecule has 1 amide bonds. The molecule has 0 aliphatic heterocycles. The monoisotopic (exact) mass is 313 g/mol. The molecule has 0 bridgehead atoms. The van der Waals surface area contributed by atoms with Gasteiger partial charge in [-0.1, -0.05) is 24.3 Å². The van der Waals surface area contributed by atoms with Gasteiger partial charge in [-0.2, -0.15) is 0 Å². The van der Waals surface area contributed by atoms with Crippen LogP contribution in [0.2, 0.25) is 0 Å². The first-order valence-corrected chi connectivity index (χ1v) is 7.59. The first kappa shape index (κ1) is 17.0. The number of aryl methyl sites for hydroxylation is 1. The zero-order valence-electron chi connectivity index (χ0n) is 14.0. The van der Waals surface area contributed by atoms with E-state index < -0.39 is 5.60 Å². The van der Waals surface area contributed by atoms with Crippen LogP contribution in [-0.4, -0.2) is 17.6 Å². The van der Waals surface area contributed by atoms with E-state index in [9.17, 15) is 9.90 Å². The summed E-state index contributed by atoms with van der Waals surface area (Å²) in [4.78, 5) is 12.0. The first-order valence-electron chi connectivity index (χ1n) is 7.59. The van der Waals surface area contributed by atoms with Crippen LogP contribution in [0, 0.1) is 13.8 Å². The summed E-state index contributed by atoms with van der Waals surface area (Å²) in [5, 5.41) is 12.8. The number of hydrogen-bond acceptors (Lipinski definition) is 3. The predicted octanol–water partition coefficient (Wildman–Crippen LogP) is 3.55. The number of carbonyl (C=O) groups excluding carboxylic acids is 1. The fourth-order valence-corrected chi connectivity index (χ4v) is 2.18. The van der Waals surface area contributed by atoms with E-state index in [0.29, 0.717) is 5.75 Å². The number of anilines is 1. The van der Waals surface area contributed by atoms with E-state index in [1.165, 1.54) is 0 Å². The Balaban J connectivity index is 1.93. The quantitative estimate of drug-likeness (QED) is 0.887. The zero-order valence-corrected chi connectivity index (χ0v) is 14.0. The summed E-state index contributed by atoms with van der Waals surface area (Å²) in [6.45, 7) is 7.36. The number of ether oxygens (including phenoxy) is 1. The highest BCUT2D eigenvalue weighted by atomic mass is 16.5. The second kappa shape index (κ2) is 6.84. The Kier molecular flexibility index (Phi) is 5.06. The van der Waals surface area contributed by atoms with E-state index in [2.05, 4.69) is 5.32 Å². The van der Waals surface area contributed by atoms with Gasteiger partial charge < -0.3 is 15.2 Å². The molecule has 0 unspecified atom stereocenters. The Hall–Kier alpha value is -2.33. The van der Waals surface area contributed by atoms with Gasteiger partial charge in [0.05, 0.1) is 5.60 Å². The van der Waals surface area contributed by atoms with Crippen molar-refractivity contribution in [2.75, 3.05) is 11.9 Å². The highest BCUT2D eigenvalue weighted by molar-refractivity contribution is 5.92. The van der Waals surface area contributed by atoms with Crippen molar-refractivity contribution >= 4 is 11.6 Å². The Morgan fingerprint density at radius 1 is 1.13 bits per heavy atom. The molecule has 0 saturated heterocycles. The number of rotatable bonds is 5. The van der Waals surface area contributed by atoms with E-state index in [-0.39, 0.29) is 12.5 Å². The summed E-state index contributed by atoms with van der Waals surface area (Å²) in [6, 6.07) is 12.9. The van der Waals surface area contributed by atoms with Crippen molar-refractivity contribution < 1.29 is 14.6 Å². The van der Waals surface area contributed by atoms with E-state index in [4.69, 9.17) is 4.74 Å². The van der Waals surface area contributed by atoms with Gasteiger partial charge >= 0.3 is 0 Å². The van der Waals surface area contributed by atoms with Crippen LogP contribution in [0.1, 0.15) is 30.5 Å². The summed E-state index contributed by atoms with van der Waals surface area (Å²) in [5.41, 5.74) is 2.89. The molecular formula is C19H23NO3. The molecule has 0 radical (unpaired) electrons. The van der Waals surface area contributed by atoms with Crippen LogP contribution >= 0.6 is 0 Å². The lowest BCUT2D eigenvalue weighted by atomic mass is 9.99. The van der Waals surface area contributed by atoms with Crippen molar-refractivity contribution in [1.29, 1.82) is 0 Å². The van der Waals surface area contributed by atoms with Gasteiger partial charge in [-0.25, -0.2) is 0 Å². The standard InChI is InChI=1S/C19H23NO3/c1-13-6-5-7-17(14(13)2)20-18(21)12-23-16-10-8-15(9-11-16)19(3,4)22/h5-11,22H,12H2,1-4H3,(H,20,21). The fourth-order valence-electron chi connectivity index (χ4n) is 2.18. The minimum Gasteiger partial charge on any atom is -0.484 e. The number of benzene rings is 2. The van der Waals surface area contributed by atoms with Gasteiger partial charge in [0.2, 0.25) is 0 Å². The smallest absolute Gasteiger partial charge is 0.262 e. The molecule has 2 N–H and O–H groups in total. The molecule has 2 aromatic carbocycles. The number of nitrogens with one attached hydrogen (secondary N) is 1. The fraction of sp³-hybridized carbons (Fsp3) is 0.316. The summed E-state index contributed by atoms with van der Waals surface area (Å²) in [5.74, 6) is 0.388. The molecule has 4 nitrogen and oxygen atoms in total. The molecule has 0 spiro atoms. The molecule has 2 rings (SSSR count). The van der Waals surface area contributed by atoms with Crippen molar-refractivity contribution in [2.24, 2.45) is 0 Å². The van der Waals surface area contributed by atoms with Crippen molar-refractivity contribution in [3.63, 3.8) is 0 Å². The molecule has 0 aromatic heterocycles.